The van der Waals surface area contributed by atoms with E-state index in [4.69, 9.17) is 4.52 Å². The molecule has 0 radical (unpaired) electrons. The number of carbonyl (C=O) groups is 1. The number of pyridine rings is 1. The Bertz CT molecular complexity index is 803. The van der Waals surface area contributed by atoms with E-state index in [9.17, 15) is 4.79 Å². The van der Waals surface area contributed by atoms with Gasteiger partial charge in [0.05, 0.1) is 16.9 Å². The van der Waals surface area contributed by atoms with Gasteiger partial charge in [0, 0.05) is 11.6 Å². The fourth-order valence-electron chi connectivity index (χ4n) is 2.34. The molecule has 5 nitrogen and oxygen atoms in total. The summed E-state index contributed by atoms with van der Waals surface area (Å²) in [5.41, 5.74) is 2.62. The molecule has 3 rings (SSSR count). The Morgan fingerprint density at radius 2 is 2.10 bits per heavy atom. The molecule has 0 aliphatic heterocycles. The number of amides is 1. The largest absolute Gasteiger partial charge is 0.361 e. The molecule has 5 heteroatoms. The highest BCUT2D eigenvalue weighted by atomic mass is 16.5. The molecule has 1 amide bonds. The van der Waals surface area contributed by atoms with Crippen molar-refractivity contribution >= 4 is 22.5 Å². The van der Waals surface area contributed by atoms with Crippen molar-refractivity contribution < 1.29 is 9.32 Å². The van der Waals surface area contributed by atoms with E-state index < -0.39 is 0 Å². The molecule has 21 heavy (non-hydrogen) atoms. The van der Waals surface area contributed by atoms with Crippen molar-refractivity contribution in [1.29, 1.82) is 0 Å². The number of aromatic nitrogens is 2. The van der Waals surface area contributed by atoms with Gasteiger partial charge in [-0.3, -0.25) is 9.78 Å². The summed E-state index contributed by atoms with van der Waals surface area (Å²) < 4.78 is 5.11. The topological polar surface area (TPSA) is 68.0 Å². The van der Waals surface area contributed by atoms with E-state index in [1.807, 2.05) is 37.3 Å². The average molecular weight is 281 g/mol. The lowest BCUT2D eigenvalue weighted by atomic mass is 10.1. The molecule has 0 bridgehead atoms. The fraction of sp³-hybridized carbons (Fsp3) is 0.188. The third-order valence-electron chi connectivity index (χ3n) is 3.38. The number of hydrogen-bond donors (Lipinski definition) is 1. The van der Waals surface area contributed by atoms with Crippen molar-refractivity contribution in [2.75, 3.05) is 5.32 Å². The summed E-state index contributed by atoms with van der Waals surface area (Å²) in [5, 5.41) is 7.79. The zero-order valence-electron chi connectivity index (χ0n) is 11.9. The minimum atomic E-state index is -0.219. The summed E-state index contributed by atoms with van der Waals surface area (Å²) in [5.74, 6) is 0.307. The highest BCUT2D eigenvalue weighted by molar-refractivity contribution is 6.09. The van der Waals surface area contributed by atoms with Gasteiger partial charge in [0.2, 0.25) is 0 Å². The van der Waals surface area contributed by atoms with Crippen molar-refractivity contribution in [3.05, 3.63) is 53.5 Å². The molecule has 0 aliphatic rings. The number of aryl methyl sites for hydroxylation is 2. The van der Waals surface area contributed by atoms with E-state index in [0.717, 1.165) is 10.9 Å². The summed E-state index contributed by atoms with van der Waals surface area (Å²) >= 11 is 0. The van der Waals surface area contributed by atoms with Crippen LogP contribution in [0.25, 0.3) is 10.9 Å². The highest BCUT2D eigenvalue weighted by Gasteiger charge is 2.19. The molecular formula is C16H15N3O2. The van der Waals surface area contributed by atoms with E-state index in [1.54, 1.807) is 13.1 Å². The van der Waals surface area contributed by atoms with Crippen LogP contribution in [-0.4, -0.2) is 16.0 Å². The number of rotatable bonds is 3. The fourth-order valence-corrected chi connectivity index (χ4v) is 2.34. The van der Waals surface area contributed by atoms with Crippen LogP contribution < -0.4 is 5.32 Å². The van der Waals surface area contributed by atoms with E-state index in [1.165, 1.54) is 0 Å². The van der Waals surface area contributed by atoms with Crippen LogP contribution in [0, 0.1) is 6.92 Å². The quantitative estimate of drug-likeness (QED) is 0.799. The van der Waals surface area contributed by atoms with Crippen molar-refractivity contribution in [2.45, 2.75) is 20.3 Å². The number of nitrogens with zero attached hydrogens (tertiary/aromatic N) is 2. The van der Waals surface area contributed by atoms with Crippen molar-refractivity contribution in [3.63, 3.8) is 0 Å². The first-order valence-electron chi connectivity index (χ1n) is 6.81. The molecule has 106 valence electrons. The first kappa shape index (κ1) is 13.3. The summed E-state index contributed by atoms with van der Waals surface area (Å²) in [4.78, 5) is 16.8. The number of nitrogens with one attached hydrogen (secondary N) is 1. The van der Waals surface area contributed by atoms with Gasteiger partial charge in [0.1, 0.15) is 11.3 Å². The zero-order chi connectivity index (χ0) is 14.8. The van der Waals surface area contributed by atoms with Crippen LogP contribution in [0.5, 0.6) is 0 Å². The van der Waals surface area contributed by atoms with Crippen molar-refractivity contribution in [1.82, 2.24) is 10.1 Å². The second-order valence-corrected chi connectivity index (χ2v) is 4.75. The molecule has 0 fully saturated rings. The molecular weight excluding hydrogens is 266 g/mol. The number of fused-ring (bicyclic) bond motifs is 1. The Morgan fingerprint density at radius 1 is 1.29 bits per heavy atom. The summed E-state index contributed by atoms with van der Waals surface area (Å²) in [6.07, 6.45) is 2.36. The third kappa shape index (κ3) is 2.38. The normalized spacial score (nSPS) is 10.8. The maximum absolute atomic E-state index is 12.5. The summed E-state index contributed by atoms with van der Waals surface area (Å²) in [6, 6.07) is 9.51. The van der Waals surface area contributed by atoms with Gasteiger partial charge in [-0.1, -0.05) is 30.3 Å². The van der Waals surface area contributed by atoms with Crippen molar-refractivity contribution in [3.8, 4) is 0 Å². The predicted molar refractivity (Wildman–Crippen MR) is 80.3 cm³/mol. The lowest BCUT2D eigenvalue weighted by molar-refractivity contribution is 0.102. The van der Waals surface area contributed by atoms with Gasteiger partial charge in [0.15, 0.2) is 0 Å². The standard InChI is InChI=1S/C16H15N3O2/c1-3-12-14(10(2)21-19-12)16(20)18-13-8-4-6-11-7-5-9-17-15(11)13/h4-9H,3H2,1-2H3,(H,18,20). The Labute approximate surface area is 122 Å². The van der Waals surface area contributed by atoms with Crippen LogP contribution in [0.15, 0.2) is 41.1 Å². The number of benzene rings is 1. The van der Waals surface area contributed by atoms with E-state index in [-0.39, 0.29) is 5.91 Å². The SMILES string of the molecule is CCc1noc(C)c1C(=O)Nc1cccc2cccnc12. The molecule has 1 N–H and O–H groups in total. The van der Waals surface area contributed by atoms with Crippen LogP contribution in [0.1, 0.15) is 28.7 Å². The number of hydrogen-bond acceptors (Lipinski definition) is 4. The number of para-hydroxylation sites is 1. The molecule has 0 saturated heterocycles. The van der Waals surface area contributed by atoms with Gasteiger partial charge < -0.3 is 9.84 Å². The predicted octanol–water partition coefficient (Wildman–Crippen LogP) is 3.35. The van der Waals surface area contributed by atoms with E-state index in [2.05, 4.69) is 15.5 Å². The Morgan fingerprint density at radius 3 is 2.90 bits per heavy atom. The number of carbonyl (C=O) groups excluding carboxylic acids is 1. The third-order valence-corrected chi connectivity index (χ3v) is 3.38. The first-order chi connectivity index (χ1) is 10.2. The smallest absolute Gasteiger partial charge is 0.261 e. The van der Waals surface area contributed by atoms with Crippen molar-refractivity contribution in [2.24, 2.45) is 0 Å². The molecule has 3 aromatic rings. The number of anilines is 1. The molecule has 0 unspecified atom stereocenters. The van der Waals surface area contributed by atoms with Gasteiger partial charge in [0.25, 0.3) is 5.91 Å². The Kier molecular flexibility index (Phi) is 3.39. The monoisotopic (exact) mass is 281 g/mol. The molecule has 1 aromatic carbocycles. The second kappa shape index (κ2) is 5.36. The Balaban J connectivity index is 1.99. The lowest BCUT2D eigenvalue weighted by Gasteiger charge is -2.07. The van der Waals surface area contributed by atoms with Gasteiger partial charge in [-0.2, -0.15) is 0 Å². The minimum Gasteiger partial charge on any atom is -0.361 e. The molecule has 0 saturated carbocycles. The van der Waals surface area contributed by atoms with Crippen LogP contribution in [0.3, 0.4) is 0 Å². The van der Waals surface area contributed by atoms with Crippen LogP contribution >= 0.6 is 0 Å². The highest BCUT2D eigenvalue weighted by Crippen LogP contribution is 2.22. The second-order valence-electron chi connectivity index (χ2n) is 4.75. The Hall–Kier alpha value is -2.69. The summed E-state index contributed by atoms with van der Waals surface area (Å²) in [7, 11) is 0. The average Bonchev–Trinajstić information content (AvgIpc) is 2.88. The maximum atomic E-state index is 12.5. The summed E-state index contributed by atoms with van der Waals surface area (Å²) in [6.45, 7) is 3.68. The van der Waals surface area contributed by atoms with E-state index in [0.29, 0.717) is 29.1 Å². The van der Waals surface area contributed by atoms with Crippen LogP contribution in [0.4, 0.5) is 5.69 Å². The minimum absolute atomic E-state index is 0.219. The first-order valence-corrected chi connectivity index (χ1v) is 6.81. The van der Waals surface area contributed by atoms with Gasteiger partial charge in [-0.05, 0) is 25.5 Å². The molecule has 0 spiro atoms. The molecule has 0 atom stereocenters. The van der Waals surface area contributed by atoms with Gasteiger partial charge >= 0.3 is 0 Å². The van der Waals surface area contributed by atoms with Crippen LogP contribution in [-0.2, 0) is 6.42 Å². The van der Waals surface area contributed by atoms with Crippen LogP contribution in [0.2, 0.25) is 0 Å². The van der Waals surface area contributed by atoms with Gasteiger partial charge in [-0.25, -0.2) is 0 Å². The zero-order valence-corrected chi connectivity index (χ0v) is 11.9. The van der Waals surface area contributed by atoms with E-state index >= 15 is 0 Å². The molecule has 0 aliphatic carbocycles. The lowest BCUT2D eigenvalue weighted by Crippen LogP contribution is -2.14. The van der Waals surface area contributed by atoms with Gasteiger partial charge in [-0.15, -0.1) is 0 Å². The molecule has 2 heterocycles. The maximum Gasteiger partial charge on any atom is 0.261 e. The molecule has 2 aromatic heterocycles.